The molecule has 0 aliphatic carbocycles. The number of H-pyrrole nitrogens is 1. The quantitative estimate of drug-likeness (QED) is 0.512. The summed E-state index contributed by atoms with van der Waals surface area (Å²) in [6.45, 7) is 0.610. The third-order valence-electron chi connectivity index (χ3n) is 2.75. The van der Waals surface area contributed by atoms with E-state index in [0.717, 1.165) is 0 Å². The molecule has 1 atom stereocenters. The second-order valence-electron chi connectivity index (χ2n) is 4.02. The van der Waals surface area contributed by atoms with Crippen molar-refractivity contribution in [3.63, 3.8) is 0 Å². The number of hydrogen-bond donors (Lipinski definition) is 1. The molecular weight excluding hydrogens is 258 g/mol. The fourth-order valence-corrected chi connectivity index (χ4v) is 2.09. The van der Waals surface area contributed by atoms with Crippen LogP contribution in [0.3, 0.4) is 0 Å². The van der Waals surface area contributed by atoms with Crippen LogP contribution in [-0.4, -0.2) is 24.0 Å². The Bertz CT molecular complexity index is 578. The number of anilines is 1. The number of halogens is 1. The van der Waals surface area contributed by atoms with Crippen molar-refractivity contribution in [1.29, 1.82) is 0 Å². The lowest BCUT2D eigenvalue weighted by Gasteiger charge is -2.15. The number of carbonyl (C=O) groups excluding carboxylic acids is 1. The Labute approximate surface area is 107 Å². The first-order chi connectivity index (χ1) is 8.61. The monoisotopic (exact) mass is 267 g/mol. The summed E-state index contributed by atoms with van der Waals surface area (Å²) in [7, 11) is 0. The van der Waals surface area contributed by atoms with Crippen LogP contribution in [0.2, 0.25) is 5.02 Å². The van der Waals surface area contributed by atoms with Gasteiger partial charge in [-0.15, -0.1) is 0 Å². The van der Waals surface area contributed by atoms with Crippen molar-refractivity contribution in [2.75, 3.05) is 18.0 Å². The van der Waals surface area contributed by atoms with E-state index in [1.54, 1.807) is 0 Å². The fraction of sp³-hybridized carbons (Fsp3) is 0.400. The number of azide groups is 1. The summed E-state index contributed by atoms with van der Waals surface area (Å²) in [5, 5.41) is 3.80. The van der Waals surface area contributed by atoms with Gasteiger partial charge in [0.15, 0.2) is 0 Å². The summed E-state index contributed by atoms with van der Waals surface area (Å²) in [6.07, 6.45) is 1.64. The van der Waals surface area contributed by atoms with Crippen molar-refractivity contribution in [2.24, 2.45) is 11.0 Å². The maximum absolute atomic E-state index is 11.8. The van der Waals surface area contributed by atoms with Gasteiger partial charge in [0.1, 0.15) is 5.69 Å². The molecule has 2 rings (SSSR count). The van der Waals surface area contributed by atoms with Crippen molar-refractivity contribution in [3.05, 3.63) is 38.1 Å². The van der Waals surface area contributed by atoms with Crippen molar-refractivity contribution in [1.82, 2.24) is 4.98 Å². The van der Waals surface area contributed by atoms with E-state index in [9.17, 15) is 9.59 Å². The summed E-state index contributed by atoms with van der Waals surface area (Å²) in [5.74, 6) is -0.229. The minimum Gasteiger partial charge on any atom is -0.326 e. The smallest absolute Gasteiger partial charge is 0.272 e. The summed E-state index contributed by atoms with van der Waals surface area (Å²) in [4.78, 5) is 29.9. The van der Waals surface area contributed by atoms with E-state index in [0.29, 0.717) is 11.6 Å². The van der Waals surface area contributed by atoms with E-state index in [2.05, 4.69) is 15.0 Å². The first-order valence-electron chi connectivity index (χ1n) is 5.31. The second-order valence-corrected chi connectivity index (χ2v) is 4.46. The largest absolute Gasteiger partial charge is 0.326 e. The average Bonchev–Trinajstić information content (AvgIpc) is 2.71. The van der Waals surface area contributed by atoms with Crippen LogP contribution >= 0.6 is 11.6 Å². The molecule has 1 aliphatic rings. The minimum absolute atomic E-state index is 0.0632. The molecule has 7 nitrogen and oxygen atoms in total. The molecule has 1 unspecified atom stereocenters. The Morgan fingerprint density at radius 2 is 2.39 bits per heavy atom. The summed E-state index contributed by atoms with van der Waals surface area (Å²) >= 11 is 5.79. The molecule has 0 bridgehead atoms. The highest BCUT2D eigenvalue weighted by molar-refractivity contribution is 6.30. The zero-order valence-electron chi connectivity index (χ0n) is 9.34. The molecule has 2 heterocycles. The molecule has 1 aromatic heterocycles. The third-order valence-corrected chi connectivity index (χ3v) is 2.97. The first kappa shape index (κ1) is 12.5. The standard InChI is InChI=1S/C10H10ClN5O2/c11-7-2-8(10(18)13-4-7)16-5-6(1-9(16)17)3-14-15-12/h2,4,6H,1,3,5H2,(H,13,18). The van der Waals surface area contributed by atoms with Gasteiger partial charge in [-0.05, 0) is 17.5 Å². The third kappa shape index (κ3) is 2.47. The molecule has 1 fully saturated rings. The molecule has 18 heavy (non-hydrogen) atoms. The number of nitrogens with one attached hydrogen (secondary N) is 1. The van der Waals surface area contributed by atoms with Crippen molar-refractivity contribution in [3.8, 4) is 0 Å². The van der Waals surface area contributed by atoms with Gasteiger partial charge in [0.05, 0.1) is 5.02 Å². The lowest BCUT2D eigenvalue weighted by atomic mass is 10.1. The number of nitrogens with zero attached hydrogens (tertiary/aromatic N) is 4. The summed E-state index contributed by atoms with van der Waals surface area (Å²) in [6, 6.07) is 1.45. The number of rotatable bonds is 3. The van der Waals surface area contributed by atoms with Crippen molar-refractivity contribution >= 4 is 23.2 Å². The van der Waals surface area contributed by atoms with E-state index in [-0.39, 0.29) is 36.0 Å². The molecule has 1 aliphatic heterocycles. The van der Waals surface area contributed by atoms with Gasteiger partial charge < -0.3 is 9.88 Å². The van der Waals surface area contributed by atoms with Crippen LogP contribution in [0.1, 0.15) is 6.42 Å². The normalized spacial score (nSPS) is 18.8. The topological polar surface area (TPSA) is 102 Å². The molecule has 8 heteroatoms. The minimum atomic E-state index is -0.364. The fourth-order valence-electron chi connectivity index (χ4n) is 1.94. The number of pyridine rings is 1. The van der Waals surface area contributed by atoms with E-state index < -0.39 is 0 Å². The highest BCUT2D eigenvalue weighted by Gasteiger charge is 2.31. The van der Waals surface area contributed by atoms with Crippen LogP contribution in [-0.2, 0) is 4.79 Å². The number of carbonyl (C=O) groups is 1. The van der Waals surface area contributed by atoms with E-state index in [1.165, 1.54) is 17.2 Å². The summed E-state index contributed by atoms with van der Waals surface area (Å²) < 4.78 is 0. The molecule has 0 radical (unpaired) electrons. The van der Waals surface area contributed by atoms with Crippen LogP contribution < -0.4 is 10.5 Å². The average molecular weight is 268 g/mol. The van der Waals surface area contributed by atoms with Gasteiger partial charge in [0, 0.05) is 30.6 Å². The van der Waals surface area contributed by atoms with E-state index >= 15 is 0 Å². The van der Waals surface area contributed by atoms with Crippen LogP contribution in [0.5, 0.6) is 0 Å². The zero-order chi connectivity index (χ0) is 13.1. The Kier molecular flexibility index (Phi) is 3.55. The maximum atomic E-state index is 11.8. The van der Waals surface area contributed by atoms with Crippen molar-refractivity contribution < 1.29 is 4.79 Å². The van der Waals surface area contributed by atoms with Gasteiger partial charge in [0.2, 0.25) is 5.91 Å². The number of amides is 1. The molecule has 1 saturated heterocycles. The van der Waals surface area contributed by atoms with Gasteiger partial charge in [-0.3, -0.25) is 9.59 Å². The molecule has 94 valence electrons. The molecule has 1 aromatic rings. The second kappa shape index (κ2) is 5.12. The highest BCUT2D eigenvalue weighted by Crippen LogP contribution is 2.24. The molecule has 0 aromatic carbocycles. The van der Waals surface area contributed by atoms with Crippen LogP contribution in [0, 0.1) is 5.92 Å². The number of aromatic amines is 1. The Morgan fingerprint density at radius 3 is 3.11 bits per heavy atom. The Morgan fingerprint density at radius 1 is 1.61 bits per heavy atom. The summed E-state index contributed by atoms with van der Waals surface area (Å²) in [5.41, 5.74) is 8.11. The van der Waals surface area contributed by atoms with Crippen LogP contribution in [0.15, 0.2) is 22.2 Å². The van der Waals surface area contributed by atoms with Crippen LogP contribution in [0.25, 0.3) is 10.4 Å². The number of hydrogen-bond acceptors (Lipinski definition) is 3. The lowest BCUT2D eigenvalue weighted by Crippen LogP contribution is -2.30. The molecule has 0 saturated carbocycles. The maximum Gasteiger partial charge on any atom is 0.272 e. The van der Waals surface area contributed by atoms with Crippen molar-refractivity contribution in [2.45, 2.75) is 6.42 Å². The predicted molar refractivity (Wildman–Crippen MR) is 66.5 cm³/mol. The SMILES string of the molecule is [N-]=[N+]=NCC1CC(=O)N(c2cc(Cl)c[nH]c2=O)C1. The first-order valence-corrected chi connectivity index (χ1v) is 5.69. The van der Waals surface area contributed by atoms with Crippen LogP contribution in [0.4, 0.5) is 5.69 Å². The Hall–Kier alpha value is -1.98. The zero-order valence-corrected chi connectivity index (χ0v) is 10.1. The van der Waals surface area contributed by atoms with Gasteiger partial charge >= 0.3 is 0 Å². The lowest BCUT2D eigenvalue weighted by molar-refractivity contribution is -0.117. The predicted octanol–water partition coefficient (Wildman–Crippen LogP) is 1.69. The van der Waals surface area contributed by atoms with Gasteiger partial charge in [-0.1, -0.05) is 16.7 Å². The Balaban J connectivity index is 2.24. The van der Waals surface area contributed by atoms with Gasteiger partial charge in [-0.2, -0.15) is 0 Å². The van der Waals surface area contributed by atoms with Gasteiger partial charge in [-0.25, -0.2) is 0 Å². The number of aromatic nitrogens is 1. The van der Waals surface area contributed by atoms with E-state index in [4.69, 9.17) is 17.1 Å². The highest BCUT2D eigenvalue weighted by atomic mass is 35.5. The van der Waals surface area contributed by atoms with Gasteiger partial charge in [0.25, 0.3) is 5.56 Å². The molecule has 1 amide bonds. The van der Waals surface area contributed by atoms with E-state index in [1.807, 2.05) is 0 Å². The molecule has 1 N–H and O–H groups in total. The molecule has 0 spiro atoms. The molecular formula is C10H10ClN5O2.